The first-order valence-corrected chi connectivity index (χ1v) is 13.2. The summed E-state index contributed by atoms with van der Waals surface area (Å²) in [4.78, 5) is 17.8. The van der Waals surface area contributed by atoms with E-state index in [0.29, 0.717) is 6.04 Å². The molecule has 9 heteroatoms. The second-order valence-corrected chi connectivity index (χ2v) is 10.4. The summed E-state index contributed by atoms with van der Waals surface area (Å²) in [5.41, 5.74) is 5.10. The van der Waals surface area contributed by atoms with E-state index in [-0.39, 0.29) is 0 Å². The number of aromatic amines is 1. The number of piperidine rings is 1. The highest BCUT2D eigenvalue weighted by Crippen LogP contribution is 2.33. The van der Waals surface area contributed by atoms with Crippen LogP contribution in [0.3, 0.4) is 0 Å². The van der Waals surface area contributed by atoms with Gasteiger partial charge in [-0.15, -0.1) is 0 Å². The van der Waals surface area contributed by atoms with Crippen LogP contribution in [0.5, 0.6) is 0 Å². The molecule has 4 heterocycles. The third-order valence-corrected chi connectivity index (χ3v) is 8.02. The molecule has 7 nitrogen and oxygen atoms in total. The molecule has 2 aliphatic rings. The minimum atomic E-state index is 0.458. The van der Waals surface area contributed by atoms with Crippen LogP contribution >= 0.6 is 27.9 Å². The van der Waals surface area contributed by atoms with Crippen molar-refractivity contribution < 1.29 is 0 Å². The number of halogens is 1. The van der Waals surface area contributed by atoms with Crippen molar-refractivity contribution in [3.63, 3.8) is 0 Å². The summed E-state index contributed by atoms with van der Waals surface area (Å²) in [6.07, 6.45) is 6.28. The Labute approximate surface area is 202 Å². The molecule has 0 unspecified atom stereocenters. The zero-order valence-electron chi connectivity index (χ0n) is 18.6. The number of anilines is 2. The van der Waals surface area contributed by atoms with Crippen LogP contribution < -0.4 is 10.2 Å². The number of hydrogen-bond acceptors (Lipinski definition) is 7. The van der Waals surface area contributed by atoms with E-state index in [2.05, 4.69) is 82.9 Å². The predicted octanol–water partition coefficient (Wildman–Crippen LogP) is 4.29. The number of fused-ring (bicyclic) bond motifs is 1. The number of piperazine rings is 1. The first kappa shape index (κ1) is 22.0. The predicted molar refractivity (Wildman–Crippen MR) is 138 cm³/mol. The Balaban J connectivity index is 1.36. The molecule has 2 fully saturated rings. The van der Waals surface area contributed by atoms with Crippen LogP contribution in [-0.4, -0.2) is 82.8 Å². The Bertz CT molecular complexity index is 1050. The van der Waals surface area contributed by atoms with Gasteiger partial charge in [-0.25, -0.2) is 14.3 Å². The van der Waals surface area contributed by atoms with Crippen LogP contribution in [0.2, 0.25) is 0 Å². The molecule has 2 saturated heterocycles. The zero-order valence-corrected chi connectivity index (χ0v) is 21.0. The zero-order chi connectivity index (χ0) is 22.1. The summed E-state index contributed by atoms with van der Waals surface area (Å²) in [7, 11) is 2.19. The SMILES string of the molecule is CSN1CCN(c2ccc(-c3nc4c(NC5CCN(C)CC5)c(Br)cnc4[nH]3)cc2)CC1. The lowest BCUT2D eigenvalue weighted by molar-refractivity contribution is 0.264. The van der Waals surface area contributed by atoms with Gasteiger partial charge in [-0.2, -0.15) is 0 Å². The van der Waals surface area contributed by atoms with Crippen LogP contribution in [0.15, 0.2) is 34.9 Å². The van der Waals surface area contributed by atoms with Crippen molar-refractivity contribution in [2.75, 3.05) is 62.8 Å². The molecule has 0 spiro atoms. The molecule has 5 rings (SSSR count). The lowest BCUT2D eigenvalue weighted by Gasteiger charge is -2.34. The van der Waals surface area contributed by atoms with Crippen molar-refractivity contribution in [1.82, 2.24) is 24.2 Å². The van der Waals surface area contributed by atoms with Gasteiger partial charge in [0.1, 0.15) is 11.3 Å². The fourth-order valence-corrected chi connectivity index (χ4v) is 5.45. The van der Waals surface area contributed by atoms with E-state index in [1.165, 1.54) is 5.69 Å². The molecule has 0 amide bonds. The van der Waals surface area contributed by atoms with Crippen LogP contribution in [0.25, 0.3) is 22.6 Å². The quantitative estimate of drug-likeness (QED) is 0.491. The average Bonchev–Trinajstić information content (AvgIpc) is 3.27. The summed E-state index contributed by atoms with van der Waals surface area (Å²) in [6, 6.07) is 9.19. The number of nitrogens with one attached hydrogen (secondary N) is 2. The van der Waals surface area contributed by atoms with Crippen LogP contribution in [0.1, 0.15) is 12.8 Å². The van der Waals surface area contributed by atoms with E-state index in [4.69, 9.17) is 4.98 Å². The molecule has 170 valence electrons. The fraction of sp³-hybridized carbons (Fsp3) is 0.478. The average molecular weight is 517 g/mol. The molecule has 0 bridgehead atoms. The lowest BCUT2D eigenvalue weighted by Crippen LogP contribution is -2.43. The number of imidazole rings is 1. The number of likely N-dealkylation sites (tertiary alicyclic amines) is 1. The molecule has 32 heavy (non-hydrogen) atoms. The second kappa shape index (κ2) is 9.59. The van der Waals surface area contributed by atoms with Crippen molar-refractivity contribution in [3.05, 3.63) is 34.9 Å². The van der Waals surface area contributed by atoms with Crippen molar-refractivity contribution in [2.24, 2.45) is 0 Å². The largest absolute Gasteiger partial charge is 0.379 e. The van der Waals surface area contributed by atoms with Crippen LogP contribution in [0, 0.1) is 0 Å². The van der Waals surface area contributed by atoms with Gasteiger partial charge >= 0.3 is 0 Å². The topological polar surface area (TPSA) is 63.3 Å². The van der Waals surface area contributed by atoms with Gasteiger partial charge in [0.15, 0.2) is 5.65 Å². The van der Waals surface area contributed by atoms with Gasteiger partial charge in [-0.3, -0.25) is 0 Å². The lowest BCUT2D eigenvalue weighted by atomic mass is 10.1. The smallest absolute Gasteiger partial charge is 0.159 e. The highest BCUT2D eigenvalue weighted by atomic mass is 79.9. The molecule has 1 aromatic carbocycles. The van der Waals surface area contributed by atoms with E-state index in [0.717, 1.165) is 84.8 Å². The fourth-order valence-electron chi connectivity index (χ4n) is 4.52. The van der Waals surface area contributed by atoms with Crippen molar-refractivity contribution in [1.29, 1.82) is 0 Å². The molecule has 0 aliphatic carbocycles. The first-order chi connectivity index (χ1) is 15.6. The monoisotopic (exact) mass is 515 g/mol. The minimum absolute atomic E-state index is 0.458. The molecule has 0 radical (unpaired) electrons. The summed E-state index contributed by atoms with van der Waals surface area (Å²) in [5.74, 6) is 0.857. The number of nitrogens with zero attached hydrogens (tertiary/aromatic N) is 5. The van der Waals surface area contributed by atoms with Gasteiger partial charge < -0.3 is 20.1 Å². The molecule has 0 atom stereocenters. The van der Waals surface area contributed by atoms with E-state index in [9.17, 15) is 0 Å². The maximum absolute atomic E-state index is 4.94. The van der Waals surface area contributed by atoms with Gasteiger partial charge in [-0.05, 0) is 79.4 Å². The van der Waals surface area contributed by atoms with E-state index >= 15 is 0 Å². The molecular formula is C23H30BrN7S. The van der Waals surface area contributed by atoms with Crippen molar-refractivity contribution in [3.8, 4) is 11.4 Å². The molecule has 2 aromatic heterocycles. The third kappa shape index (κ3) is 4.62. The van der Waals surface area contributed by atoms with E-state index < -0.39 is 0 Å². The Morgan fingerprint density at radius 3 is 2.47 bits per heavy atom. The maximum atomic E-state index is 4.94. The molecule has 0 saturated carbocycles. The summed E-state index contributed by atoms with van der Waals surface area (Å²) in [5, 5.41) is 3.73. The van der Waals surface area contributed by atoms with E-state index in [1.807, 2.05) is 18.1 Å². The van der Waals surface area contributed by atoms with E-state index in [1.54, 1.807) is 0 Å². The molecule has 2 N–H and O–H groups in total. The Morgan fingerprint density at radius 1 is 1.06 bits per heavy atom. The van der Waals surface area contributed by atoms with Gasteiger partial charge in [0.05, 0.1) is 10.2 Å². The summed E-state index contributed by atoms with van der Waals surface area (Å²) >= 11 is 5.52. The molecule has 3 aromatic rings. The summed E-state index contributed by atoms with van der Waals surface area (Å²) in [6.45, 7) is 6.56. The number of rotatable bonds is 5. The highest BCUT2D eigenvalue weighted by molar-refractivity contribution is 9.10. The maximum Gasteiger partial charge on any atom is 0.159 e. The van der Waals surface area contributed by atoms with Gasteiger partial charge in [-0.1, -0.05) is 11.9 Å². The van der Waals surface area contributed by atoms with Crippen molar-refractivity contribution >= 4 is 50.4 Å². The normalized spacial score (nSPS) is 19.0. The van der Waals surface area contributed by atoms with Gasteiger partial charge in [0.2, 0.25) is 0 Å². The Morgan fingerprint density at radius 2 is 1.78 bits per heavy atom. The Hall–Kier alpha value is -1.81. The van der Waals surface area contributed by atoms with Crippen LogP contribution in [0.4, 0.5) is 11.4 Å². The Kier molecular flexibility index (Phi) is 6.59. The minimum Gasteiger partial charge on any atom is -0.379 e. The number of H-pyrrole nitrogens is 1. The summed E-state index contributed by atoms with van der Waals surface area (Å²) < 4.78 is 3.38. The van der Waals surface area contributed by atoms with Crippen molar-refractivity contribution in [2.45, 2.75) is 18.9 Å². The number of benzene rings is 1. The van der Waals surface area contributed by atoms with Crippen LogP contribution in [-0.2, 0) is 0 Å². The second-order valence-electron chi connectivity index (χ2n) is 8.63. The first-order valence-electron chi connectivity index (χ1n) is 11.2. The number of pyridine rings is 1. The number of aromatic nitrogens is 3. The molecular weight excluding hydrogens is 486 g/mol. The van der Waals surface area contributed by atoms with Gasteiger partial charge in [0.25, 0.3) is 0 Å². The highest BCUT2D eigenvalue weighted by Gasteiger charge is 2.21. The molecule has 2 aliphatic heterocycles. The third-order valence-electron chi connectivity index (χ3n) is 6.54. The number of hydrogen-bond donors (Lipinski definition) is 2. The van der Waals surface area contributed by atoms with Gasteiger partial charge in [0, 0.05) is 49.7 Å². The standard InChI is InChI=1S/C23H30BrN7S/c1-29-9-7-17(8-10-29)26-20-19(24)15-25-23-21(20)27-22(28-23)16-3-5-18(6-4-16)30-11-13-31(32-2)14-12-30/h3-6,15,17H,7-14H2,1-2H3,(H2,25,26,27,28).